The first-order chi connectivity index (χ1) is 37.5. The number of carbonyl (C=O) groups is 3. The minimum absolute atomic E-state index is 0.0821. The van der Waals surface area contributed by atoms with Crippen LogP contribution in [0.15, 0.2) is 97.2 Å². The van der Waals surface area contributed by atoms with E-state index in [1.54, 1.807) is 0 Å². The minimum atomic E-state index is -0.785. The van der Waals surface area contributed by atoms with Crippen LogP contribution in [0.1, 0.15) is 310 Å². The number of unbranched alkanes of at least 4 members (excludes halogenated alkanes) is 31. The fourth-order valence-corrected chi connectivity index (χ4v) is 9.07. The molecule has 0 aromatic heterocycles. The van der Waals surface area contributed by atoms with E-state index in [1.165, 1.54) is 141 Å². The van der Waals surface area contributed by atoms with Gasteiger partial charge in [0.1, 0.15) is 13.2 Å². The fraction of sp³-hybridized carbons (Fsp3) is 0.729. The Balaban J connectivity index is 4.31. The van der Waals surface area contributed by atoms with Crippen LogP contribution < -0.4 is 0 Å². The highest BCUT2D eigenvalue weighted by Crippen LogP contribution is 2.17. The maximum Gasteiger partial charge on any atom is 0.306 e. The molecule has 6 nitrogen and oxygen atoms in total. The van der Waals surface area contributed by atoms with Crippen molar-refractivity contribution >= 4 is 17.9 Å². The van der Waals surface area contributed by atoms with E-state index in [9.17, 15) is 14.4 Å². The predicted octanol–water partition coefficient (Wildman–Crippen LogP) is 22.0. The van der Waals surface area contributed by atoms with Crippen LogP contribution in [-0.4, -0.2) is 37.2 Å². The molecule has 0 saturated carbocycles. The molecule has 1 atom stereocenters. The van der Waals surface area contributed by atoms with Crippen molar-refractivity contribution < 1.29 is 28.6 Å². The Kier molecular flexibility index (Phi) is 60.8. The molecule has 0 fully saturated rings. The molecular formula is C70H120O6. The third-order valence-corrected chi connectivity index (χ3v) is 13.8. The lowest BCUT2D eigenvalue weighted by Crippen LogP contribution is -2.30. The van der Waals surface area contributed by atoms with Crippen molar-refractivity contribution in [3.63, 3.8) is 0 Å². The molecule has 0 aliphatic rings. The van der Waals surface area contributed by atoms with Gasteiger partial charge in [0.15, 0.2) is 6.10 Å². The number of carbonyl (C=O) groups excluding carboxylic acids is 3. The maximum atomic E-state index is 12.9. The molecule has 1 unspecified atom stereocenters. The van der Waals surface area contributed by atoms with Crippen molar-refractivity contribution in [3.8, 4) is 0 Å². The van der Waals surface area contributed by atoms with Gasteiger partial charge in [-0.2, -0.15) is 0 Å². The quantitative estimate of drug-likeness (QED) is 0.0261. The van der Waals surface area contributed by atoms with Gasteiger partial charge in [-0.25, -0.2) is 0 Å². The smallest absolute Gasteiger partial charge is 0.306 e. The molecule has 0 radical (unpaired) electrons. The lowest BCUT2D eigenvalue weighted by Gasteiger charge is -2.18. The van der Waals surface area contributed by atoms with Gasteiger partial charge in [-0.3, -0.25) is 14.4 Å². The topological polar surface area (TPSA) is 78.9 Å². The van der Waals surface area contributed by atoms with Crippen molar-refractivity contribution in [2.45, 2.75) is 316 Å². The largest absolute Gasteiger partial charge is 0.462 e. The first-order valence-corrected chi connectivity index (χ1v) is 32.2. The number of allylic oxidation sites excluding steroid dienone is 16. The highest BCUT2D eigenvalue weighted by molar-refractivity contribution is 5.71. The van der Waals surface area contributed by atoms with Crippen LogP contribution in [0.5, 0.6) is 0 Å². The van der Waals surface area contributed by atoms with Gasteiger partial charge in [0.25, 0.3) is 0 Å². The lowest BCUT2D eigenvalue weighted by molar-refractivity contribution is -0.167. The number of hydrogen-bond acceptors (Lipinski definition) is 6. The van der Waals surface area contributed by atoms with E-state index >= 15 is 0 Å². The van der Waals surface area contributed by atoms with E-state index in [1.807, 2.05) is 0 Å². The Hall–Kier alpha value is -3.67. The van der Waals surface area contributed by atoms with Gasteiger partial charge in [0, 0.05) is 19.3 Å². The van der Waals surface area contributed by atoms with Crippen molar-refractivity contribution in [2.75, 3.05) is 13.2 Å². The SMILES string of the molecule is CC/C=C\C/C=C\C/C=C\C/C=C\C/C=C\CCCCCCCCCCCCCC(=O)OCC(COC(=O)CCCCCCC/C=C\C/C=C\C/C=C\CC)OC(=O)CCCCCCCCCCCCCCCCCC. The number of esters is 3. The van der Waals surface area contributed by atoms with E-state index in [0.717, 1.165) is 128 Å². The summed E-state index contributed by atoms with van der Waals surface area (Å²) < 4.78 is 16.9. The molecule has 0 aliphatic carbocycles. The number of rotatable bonds is 58. The summed E-state index contributed by atoms with van der Waals surface area (Å²) in [6, 6.07) is 0. The minimum Gasteiger partial charge on any atom is -0.462 e. The number of ether oxygens (including phenoxy) is 3. The van der Waals surface area contributed by atoms with Crippen molar-refractivity contribution in [1.82, 2.24) is 0 Å². The van der Waals surface area contributed by atoms with Gasteiger partial charge >= 0.3 is 17.9 Å². The second kappa shape index (κ2) is 63.9. The highest BCUT2D eigenvalue weighted by Gasteiger charge is 2.19. The molecule has 0 spiro atoms. The van der Waals surface area contributed by atoms with Gasteiger partial charge in [0.05, 0.1) is 0 Å². The van der Waals surface area contributed by atoms with E-state index in [4.69, 9.17) is 14.2 Å². The first-order valence-electron chi connectivity index (χ1n) is 32.2. The fourth-order valence-electron chi connectivity index (χ4n) is 9.07. The van der Waals surface area contributed by atoms with Gasteiger partial charge in [-0.05, 0) is 96.3 Å². The summed E-state index contributed by atoms with van der Waals surface area (Å²) in [5, 5.41) is 0. The second-order valence-corrected chi connectivity index (χ2v) is 21.3. The van der Waals surface area contributed by atoms with Crippen molar-refractivity contribution in [3.05, 3.63) is 97.2 Å². The van der Waals surface area contributed by atoms with Crippen molar-refractivity contribution in [1.29, 1.82) is 0 Å². The van der Waals surface area contributed by atoms with Crippen LogP contribution in [-0.2, 0) is 28.6 Å². The molecule has 76 heavy (non-hydrogen) atoms. The predicted molar refractivity (Wildman–Crippen MR) is 330 cm³/mol. The molecule has 0 amide bonds. The molecule has 436 valence electrons. The molecule has 0 heterocycles. The highest BCUT2D eigenvalue weighted by atomic mass is 16.6. The Morgan fingerprint density at radius 2 is 0.513 bits per heavy atom. The van der Waals surface area contributed by atoms with Crippen LogP contribution in [0.25, 0.3) is 0 Å². The molecule has 0 rings (SSSR count). The third kappa shape index (κ3) is 61.2. The third-order valence-electron chi connectivity index (χ3n) is 13.8. The van der Waals surface area contributed by atoms with Crippen LogP contribution in [0.2, 0.25) is 0 Å². The summed E-state index contributed by atoms with van der Waals surface area (Å²) in [5.41, 5.74) is 0. The van der Waals surface area contributed by atoms with Crippen molar-refractivity contribution in [2.24, 2.45) is 0 Å². The van der Waals surface area contributed by atoms with Crippen LogP contribution >= 0.6 is 0 Å². The normalized spacial score (nSPS) is 12.7. The van der Waals surface area contributed by atoms with Gasteiger partial charge in [0.2, 0.25) is 0 Å². The average Bonchev–Trinajstić information content (AvgIpc) is 3.42. The summed E-state index contributed by atoms with van der Waals surface area (Å²) in [6.45, 7) is 6.43. The zero-order chi connectivity index (χ0) is 55.0. The molecular weight excluding hydrogens is 937 g/mol. The monoisotopic (exact) mass is 1060 g/mol. The summed E-state index contributed by atoms with van der Waals surface area (Å²) in [7, 11) is 0. The van der Waals surface area contributed by atoms with Gasteiger partial charge in [-0.1, -0.05) is 291 Å². The van der Waals surface area contributed by atoms with E-state index in [0.29, 0.717) is 19.3 Å². The first kappa shape index (κ1) is 72.3. The summed E-state index contributed by atoms with van der Waals surface area (Å²) in [5.74, 6) is -0.889. The van der Waals surface area contributed by atoms with E-state index in [2.05, 4.69) is 118 Å². The standard InChI is InChI=1S/C70H120O6/c1-4-7-10-13-16-19-22-25-28-30-31-32-33-34-35-36-37-38-39-40-43-45-48-51-54-57-60-63-69(72)75-66-67(65-74-68(71)62-59-56-53-50-47-44-41-27-24-21-18-15-12-9-6-3)76-70(73)64-61-58-55-52-49-46-42-29-26-23-20-17-14-11-8-5-2/h7,9-10,12,16,18-19,21,25,27-28,31-32,34-35,41,67H,4-6,8,11,13-15,17,20,22-24,26,29-30,33,36-40,42-66H2,1-3H3/b10-7-,12-9-,19-16-,21-18-,28-25-,32-31-,35-34-,41-27-. The molecule has 6 heteroatoms. The molecule has 0 aromatic rings. The lowest BCUT2D eigenvalue weighted by atomic mass is 10.0. The molecule has 0 saturated heterocycles. The zero-order valence-electron chi connectivity index (χ0n) is 50.0. The maximum absolute atomic E-state index is 12.9. The van der Waals surface area contributed by atoms with Gasteiger partial charge in [-0.15, -0.1) is 0 Å². The van der Waals surface area contributed by atoms with E-state index in [-0.39, 0.29) is 31.1 Å². The Labute approximate surface area is 470 Å². The molecule has 0 N–H and O–H groups in total. The summed E-state index contributed by atoms with van der Waals surface area (Å²) >= 11 is 0. The Bertz CT molecular complexity index is 1490. The zero-order valence-corrected chi connectivity index (χ0v) is 50.0. The second-order valence-electron chi connectivity index (χ2n) is 21.3. The molecule has 0 bridgehead atoms. The Morgan fingerprint density at radius 1 is 0.276 bits per heavy atom. The van der Waals surface area contributed by atoms with Crippen LogP contribution in [0.4, 0.5) is 0 Å². The Morgan fingerprint density at radius 3 is 0.803 bits per heavy atom. The van der Waals surface area contributed by atoms with Gasteiger partial charge < -0.3 is 14.2 Å². The molecule has 0 aliphatic heterocycles. The van der Waals surface area contributed by atoms with E-state index < -0.39 is 6.10 Å². The van der Waals surface area contributed by atoms with Crippen LogP contribution in [0, 0.1) is 0 Å². The molecule has 0 aromatic carbocycles. The van der Waals surface area contributed by atoms with Crippen LogP contribution in [0.3, 0.4) is 0 Å². The number of hydrogen-bond donors (Lipinski definition) is 0. The summed E-state index contributed by atoms with van der Waals surface area (Å²) in [4.78, 5) is 38.3. The average molecular weight is 1060 g/mol. The summed E-state index contributed by atoms with van der Waals surface area (Å²) in [6.07, 6.45) is 85.5.